The highest BCUT2D eigenvalue weighted by molar-refractivity contribution is 5.83. The molecule has 55 heavy (non-hydrogen) atoms. The minimum absolute atomic E-state index is 0.130. The van der Waals surface area contributed by atoms with Crippen molar-refractivity contribution in [2.75, 3.05) is 40.8 Å². The Bertz CT molecular complexity index is 793. The SMILES string of the molecule is CCC.CCC(=O)C(C)(C)C.CCC(=O)C(C)(C)C.CC[C@@H](CCCCNC)C(C)=O.CC[C@@H](CCCCNC)C(C)=O.CC[C@@H](CCCCNC)C(C)=O. The summed E-state index contributed by atoms with van der Waals surface area (Å²) in [6.45, 7) is 34.3. The van der Waals surface area contributed by atoms with Gasteiger partial charge in [-0.25, -0.2) is 0 Å². The third-order valence-electron chi connectivity index (χ3n) is 9.21. The average molecular weight is 786 g/mol. The average Bonchev–Trinajstić information content (AvgIpc) is 3.11. The molecule has 0 aliphatic carbocycles. The molecule has 0 amide bonds. The van der Waals surface area contributed by atoms with E-state index in [1.807, 2.05) is 76.5 Å². The number of nitrogens with one attached hydrogen (secondary N) is 3. The summed E-state index contributed by atoms with van der Waals surface area (Å²) in [6.07, 6.45) is 15.8. The fourth-order valence-electron chi connectivity index (χ4n) is 5.22. The van der Waals surface area contributed by atoms with Crippen molar-refractivity contribution in [3.63, 3.8) is 0 Å². The monoisotopic (exact) mass is 786 g/mol. The van der Waals surface area contributed by atoms with Gasteiger partial charge in [0.1, 0.15) is 28.9 Å². The van der Waals surface area contributed by atoms with Gasteiger partial charge in [0.15, 0.2) is 0 Å². The standard InChI is InChI=1S/3C10H21NO.2C7H14O.C3H8/c3*1-4-10(9(2)12)7-5-6-8-11-3;2*1-5-6(8)7(2,3)4;1-3-2/h3*10-11H,4-8H2,1-3H3;2*5H2,1-4H3;3H2,1-2H3/t3*10-;;;/m000.../s1. The molecule has 0 aromatic rings. The van der Waals surface area contributed by atoms with Crippen molar-refractivity contribution in [3.8, 4) is 0 Å². The van der Waals surface area contributed by atoms with Crippen LogP contribution in [0.5, 0.6) is 0 Å². The van der Waals surface area contributed by atoms with Gasteiger partial charge < -0.3 is 16.0 Å². The predicted molar refractivity (Wildman–Crippen MR) is 242 cm³/mol. The predicted octanol–water partition coefficient (Wildman–Crippen LogP) is 11.4. The molecular weight excluding hydrogens is 687 g/mol. The molecule has 0 heterocycles. The van der Waals surface area contributed by atoms with Crippen LogP contribution in [0, 0.1) is 28.6 Å². The summed E-state index contributed by atoms with van der Waals surface area (Å²) >= 11 is 0. The van der Waals surface area contributed by atoms with Crippen molar-refractivity contribution in [1.29, 1.82) is 0 Å². The molecule has 3 atom stereocenters. The van der Waals surface area contributed by atoms with Crippen LogP contribution in [0.2, 0.25) is 0 Å². The van der Waals surface area contributed by atoms with E-state index < -0.39 is 0 Å². The van der Waals surface area contributed by atoms with Crippen molar-refractivity contribution < 1.29 is 24.0 Å². The lowest BCUT2D eigenvalue weighted by atomic mass is 9.89. The lowest BCUT2D eigenvalue weighted by Crippen LogP contribution is -2.18. The second-order valence-corrected chi connectivity index (χ2v) is 16.7. The Labute approximate surface area is 344 Å². The summed E-state index contributed by atoms with van der Waals surface area (Å²) < 4.78 is 0. The van der Waals surface area contributed by atoms with Crippen LogP contribution in [0.3, 0.4) is 0 Å². The summed E-state index contributed by atoms with van der Waals surface area (Å²) in [5.74, 6) is 2.63. The number of rotatable bonds is 23. The van der Waals surface area contributed by atoms with Gasteiger partial charge in [-0.05, 0) is 119 Å². The van der Waals surface area contributed by atoms with Gasteiger partial charge in [-0.15, -0.1) is 0 Å². The third kappa shape index (κ3) is 52.2. The van der Waals surface area contributed by atoms with Gasteiger partial charge in [0.2, 0.25) is 0 Å². The molecule has 0 spiro atoms. The number of carbonyl (C=O) groups is 5. The van der Waals surface area contributed by atoms with Gasteiger partial charge in [-0.3, -0.25) is 24.0 Å². The topological polar surface area (TPSA) is 121 Å². The largest absolute Gasteiger partial charge is 0.320 e. The Morgan fingerprint density at radius 2 is 0.618 bits per heavy atom. The molecule has 0 rings (SSSR count). The van der Waals surface area contributed by atoms with Gasteiger partial charge in [0, 0.05) is 41.4 Å². The normalized spacial score (nSPS) is 12.1. The minimum atomic E-state index is -0.130. The molecule has 0 aliphatic heterocycles. The summed E-state index contributed by atoms with van der Waals surface area (Å²) in [5.41, 5.74) is -0.260. The fraction of sp³-hybridized carbons (Fsp3) is 0.894. The summed E-state index contributed by atoms with van der Waals surface area (Å²) in [7, 11) is 5.88. The molecule has 0 saturated heterocycles. The molecule has 0 saturated carbocycles. The molecule has 0 aliphatic rings. The highest BCUT2D eigenvalue weighted by Crippen LogP contribution is 2.17. The molecule has 332 valence electrons. The van der Waals surface area contributed by atoms with E-state index in [9.17, 15) is 24.0 Å². The zero-order valence-corrected chi connectivity index (χ0v) is 40.5. The molecular formula is C47H99N3O5. The fourth-order valence-corrected chi connectivity index (χ4v) is 5.22. The van der Waals surface area contributed by atoms with E-state index >= 15 is 0 Å². The number of hydrogen-bond acceptors (Lipinski definition) is 8. The van der Waals surface area contributed by atoms with Gasteiger partial charge in [0.25, 0.3) is 0 Å². The van der Waals surface area contributed by atoms with Gasteiger partial charge in [-0.1, -0.05) is 116 Å². The maximum atomic E-state index is 11.0. The molecule has 0 aromatic heterocycles. The zero-order chi connectivity index (χ0) is 44.5. The van der Waals surface area contributed by atoms with E-state index in [1.54, 1.807) is 20.8 Å². The first-order valence-electron chi connectivity index (χ1n) is 22.1. The van der Waals surface area contributed by atoms with E-state index in [0.717, 1.165) is 58.2 Å². The van der Waals surface area contributed by atoms with Crippen molar-refractivity contribution in [3.05, 3.63) is 0 Å². The summed E-state index contributed by atoms with van der Waals surface area (Å²) in [6, 6.07) is 0. The van der Waals surface area contributed by atoms with Crippen LogP contribution >= 0.6 is 0 Å². The molecule has 0 unspecified atom stereocenters. The quantitative estimate of drug-likeness (QED) is 0.0876. The first kappa shape index (κ1) is 65.1. The molecule has 0 bridgehead atoms. The van der Waals surface area contributed by atoms with Gasteiger partial charge in [0.05, 0.1) is 0 Å². The smallest absolute Gasteiger partial charge is 0.137 e. The van der Waals surface area contributed by atoms with Crippen LogP contribution in [0.4, 0.5) is 0 Å². The number of Topliss-reactive ketones (excluding diaryl/α,β-unsaturated/α-hetero) is 5. The Morgan fingerprint density at radius 3 is 0.709 bits per heavy atom. The van der Waals surface area contributed by atoms with Crippen LogP contribution in [0.15, 0.2) is 0 Å². The van der Waals surface area contributed by atoms with E-state index in [1.165, 1.54) is 44.9 Å². The Kier molecular flexibility index (Phi) is 53.2. The lowest BCUT2D eigenvalue weighted by Gasteiger charge is -2.13. The van der Waals surface area contributed by atoms with Gasteiger partial charge in [-0.2, -0.15) is 0 Å². The van der Waals surface area contributed by atoms with Crippen LogP contribution in [-0.4, -0.2) is 69.7 Å². The molecule has 0 radical (unpaired) electrons. The van der Waals surface area contributed by atoms with Crippen molar-refractivity contribution in [2.45, 2.75) is 207 Å². The Morgan fingerprint density at radius 1 is 0.418 bits per heavy atom. The third-order valence-corrected chi connectivity index (χ3v) is 9.21. The summed E-state index contributed by atoms with van der Waals surface area (Å²) in [4.78, 5) is 54.7. The maximum Gasteiger partial charge on any atom is 0.137 e. The van der Waals surface area contributed by atoms with Crippen molar-refractivity contribution in [2.24, 2.45) is 28.6 Å². The molecule has 0 aromatic carbocycles. The molecule has 3 N–H and O–H groups in total. The van der Waals surface area contributed by atoms with Crippen molar-refractivity contribution in [1.82, 2.24) is 16.0 Å². The highest BCUT2D eigenvalue weighted by atomic mass is 16.1. The van der Waals surface area contributed by atoms with E-state index in [-0.39, 0.29) is 10.8 Å². The van der Waals surface area contributed by atoms with E-state index in [4.69, 9.17) is 0 Å². The van der Waals surface area contributed by atoms with Crippen LogP contribution in [0.1, 0.15) is 207 Å². The van der Waals surface area contributed by atoms with Crippen LogP contribution in [0.25, 0.3) is 0 Å². The summed E-state index contributed by atoms with van der Waals surface area (Å²) in [5, 5.41) is 9.31. The number of hydrogen-bond donors (Lipinski definition) is 3. The van der Waals surface area contributed by atoms with E-state index in [2.05, 4.69) is 50.6 Å². The second kappa shape index (κ2) is 44.9. The van der Waals surface area contributed by atoms with Crippen LogP contribution < -0.4 is 16.0 Å². The van der Waals surface area contributed by atoms with E-state index in [0.29, 0.717) is 59.5 Å². The number of unbranched alkanes of at least 4 members (excludes halogenated alkanes) is 3. The Balaban J connectivity index is -0.000000135. The van der Waals surface area contributed by atoms with Gasteiger partial charge >= 0.3 is 0 Å². The molecule has 0 fully saturated rings. The number of carbonyl (C=O) groups excluding carboxylic acids is 5. The minimum Gasteiger partial charge on any atom is -0.320 e. The molecule has 8 nitrogen and oxygen atoms in total. The maximum absolute atomic E-state index is 11.0. The molecule has 8 heteroatoms. The first-order chi connectivity index (χ1) is 25.5. The van der Waals surface area contributed by atoms with Crippen molar-refractivity contribution >= 4 is 28.9 Å². The first-order valence-corrected chi connectivity index (χ1v) is 22.1. The Hall–Kier alpha value is -1.77. The zero-order valence-electron chi connectivity index (χ0n) is 40.5. The lowest BCUT2D eigenvalue weighted by molar-refractivity contribution is -0.126. The highest BCUT2D eigenvalue weighted by Gasteiger charge is 2.18. The van der Waals surface area contributed by atoms with Crippen LogP contribution in [-0.2, 0) is 24.0 Å². The second-order valence-electron chi connectivity index (χ2n) is 16.7. The number of ketones is 5.